The molecule has 5 heteroatoms. The molecular weight excluding hydrogens is 262 g/mol. The van der Waals surface area contributed by atoms with E-state index in [1.807, 2.05) is 19.9 Å². The fourth-order valence-corrected chi connectivity index (χ4v) is 3.48. The van der Waals surface area contributed by atoms with Gasteiger partial charge in [0, 0.05) is 10.9 Å². The van der Waals surface area contributed by atoms with Gasteiger partial charge < -0.3 is 9.64 Å². The Morgan fingerprint density at radius 2 is 2.16 bits per heavy atom. The molecule has 1 heterocycles. The van der Waals surface area contributed by atoms with E-state index in [4.69, 9.17) is 0 Å². The van der Waals surface area contributed by atoms with Crippen LogP contribution in [0.1, 0.15) is 40.4 Å². The molecule has 0 saturated carbocycles. The van der Waals surface area contributed by atoms with Crippen LogP contribution in [0.2, 0.25) is 0 Å². The summed E-state index contributed by atoms with van der Waals surface area (Å²) in [5.41, 5.74) is 1.30. The first kappa shape index (κ1) is 14.1. The number of thiophene rings is 1. The molecule has 0 fully saturated rings. The maximum Gasteiger partial charge on any atom is 0.325 e. The Morgan fingerprint density at radius 1 is 1.42 bits per heavy atom. The summed E-state index contributed by atoms with van der Waals surface area (Å²) in [6.07, 6.45) is 3.33. The molecule has 0 atom stereocenters. The number of amides is 1. The average Bonchev–Trinajstić information content (AvgIpc) is 2.94. The molecule has 0 saturated heterocycles. The van der Waals surface area contributed by atoms with E-state index in [0.717, 1.165) is 17.7 Å². The topological polar surface area (TPSA) is 46.6 Å². The van der Waals surface area contributed by atoms with Crippen LogP contribution in [0.15, 0.2) is 6.07 Å². The maximum atomic E-state index is 12.5. The second kappa shape index (κ2) is 5.74. The van der Waals surface area contributed by atoms with Crippen LogP contribution in [-0.4, -0.2) is 36.5 Å². The SMILES string of the molecule is COC(=O)CN(C(=O)c1cc2c(s1)CCC2)C(C)C. The Labute approximate surface area is 117 Å². The van der Waals surface area contributed by atoms with Crippen LogP contribution in [-0.2, 0) is 22.4 Å². The first-order chi connectivity index (χ1) is 9.02. The number of ether oxygens (including phenoxy) is 1. The molecule has 1 aliphatic carbocycles. The van der Waals surface area contributed by atoms with Gasteiger partial charge in [-0.2, -0.15) is 0 Å². The molecule has 0 bridgehead atoms. The molecule has 1 aromatic rings. The van der Waals surface area contributed by atoms with Gasteiger partial charge in [-0.15, -0.1) is 11.3 Å². The highest BCUT2D eigenvalue weighted by Crippen LogP contribution is 2.31. The van der Waals surface area contributed by atoms with E-state index in [1.165, 1.54) is 24.0 Å². The smallest absolute Gasteiger partial charge is 0.325 e. The van der Waals surface area contributed by atoms with E-state index < -0.39 is 0 Å². The molecule has 0 radical (unpaired) electrons. The van der Waals surface area contributed by atoms with E-state index in [1.54, 1.807) is 16.2 Å². The number of methoxy groups -OCH3 is 1. The lowest BCUT2D eigenvalue weighted by atomic mass is 10.2. The van der Waals surface area contributed by atoms with E-state index in [2.05, 4.69) is 4.74 Å². The van der Waals surface area contributed by atoms with Crippen molar-refractivity contribution in [2.24, 2.45) is 0 Å². The Bertz CT molecular complexity index is 471. The van der Waals surface area contributed by atoms with Gasteiger partial charge in [0.05, 0.1) is 12.0 Å². The number of nitrogens with zero attached hydrogens (tertiary/aromatic N) is 1. The molecule has 1 aromatic heterocycles. The molecule has 104 valence electrons. The normalized spacial score (nSPS) is 13.5. The van der Waals surface area contributed by atoms with Crippen molar-refractivity contribution in [3.8, 4) is 0 Å². The number of hydrogen-bond acceptors (Lipinski definition) is 4. The minimum atomic E-state index is -0.383. The fraction of sp³-hybridized carbons (Fsp3) is 0.571. The van der Waals surface area contributed by atoms with Crippen LogP contribution in [0.3, 0.4) is 0 Å². The summed E-state index contributed by atoms with van der Waals surface area (Å²) >= 11 is 1.57. The Morgan fingerprint density at radius 3 is 2.74 bits per heavy atom. The van der Waals surface area contributed by atoms with Crippen molar-refractivity contribution >= 4 is 23.2 Å². The quantitative estimate of drug-likeness (QED) is 0.795. The van der Waals surface area contributed by atoms with Crippen molar-refractivity contribution in [2.75, 3.05) is 13.7 Å². The largest absolute Gasteiger partial charge is 0.468 e. The molecule has 1 amide bonds. The maximum absolute atomic E-state index is 12.5. The van der Waals surface area contributed by atoms with Crippen LogP contribution in [0, 0.1) is 0 Å². The van der Waals surface area contributed by atoms with Crippen molar-refractivity contribution in [3.63, 3.8) is 0 Å². The summed E-state index contributed by atoms with van der Waals surface area (Å²) in [5, 5.41) is 0. The summed E-state index contributed by atoms with van der Waals surface area (Å²) in [5.74, 6) is -0.453. The number of fused-ring (bicyclic) bond motifs is 1. The highest BCUT2D eigenvalue weighted by molar-refractivity contribution is 7.14. The van der Waals surface area contributed by atoms with Crippen LogP contribution in [0.4, 0.5) is 0 Å². The third kappa shape index (κ3) is 2.97. The lowest BCUT2D eigenvalue weighted by molar-refractivity contribution is -0.141. The first-order valence-electron chi connectivity index (χ1n) is 6.52. The van der Waals surface area contributed by atoms with Gasteiger partial charge in [-0.25, -0.2) is 0 Å². The molecule has 0 N–H and O–H groups in total. The van der Waals surface area contributed by atoms with E-state index >= 15 is 0 Å². The van der Waals surface area contributed by atoms with Crippen molar-refractivity contribution in [2.45, 2.75) is 39.2 Å². The number of rotatable bonds is 4. The zero-order chi connectivity index (χ0) is 14.0. The number of esters is 1. The van der Waals surface area contributed by atoms with Gasteiger partial charge in [0.1, 0.15) is 6.54 Å². The standard InChI is InChI=1S/C14H19NO3S/c1-9(2)15(8-13(16)18-3)14(17)12-7-10-5-4-6-11(10)19-12/h7,9H,4-6,8H2,1-3H3. The Hall–Kier alpha value is -1.36. The molecule has 0 aromatic carbocycles. The summed E-state index contributed by atoms with van der Waals surface area (Å²) in [7, 11) is 1.34. The van der Waals surface area contributed by atoms with E-state index in [9.17, 15) is 9.59 Å². The van der Waals surface area contributed by atoms with E-state index in [0.29, 0.717) is 0 Å². The summed E-state index contributed by atoms with van der Waals surface area (Å²) < 4.78 is 4.65. The Balaban J connectivity index is 2.16. The molecule has 0 aliphatic heterocycles. The van der Waals surface area contributed by atoms with Gasteiger partial charge in [0.15, 0.2) is 0 Å². The van der Waals surface area contributed by atoms with Crippen molar-refractivity contribution < 1.29 is 14.3 Å². The lowest BCUT2D eigenvalue weighted by Gasteiger charge is -2.24. The van der Waals surface area contributed by atoms with Crippen molar-refractivity contribution in [1.82, 2.24) is 4.90 Å². The van der Waals surface area contributed by atoms with Gasteiger partial charge in [-0.3, -0.25) is 9.59 Å². The molecule has 1 aliphatic rings. The van der Waals surface area contributed by atoms with E-state index in [-0.39, 0.29) is 24.5 Å². The lowest BCUT2D eigenvalue weighted by Crippen LogP contribution is -2.40. The second-order valence-corrected chi connectivity index (χ2v) is 6.15. The average molecular weight is 281 g/mol. The zero-order valence-electron chi connectivity index (χ0n) is 11.6. The molecule has 2 rings (SSSR count). The summed E-state index contributed by atoms with van der Waals surface area (Å²) in [6.45, 7) is 3.82. The first-order valence-corrected chi connectivity index (χ1v) is 7.34. The molecule has 0 spiro atoms. The summed E-state index contributed by atoms with van der Waals surface area (Å²) in [4.78, 5) is 27.5. The third-order valence-corrected chi connectivity index (χ3v) is 4.59. The Kier molecular flexibility index (Phi) is 4.24. The predicted octanol–water partition coefficient (Wildman–Crippen LogP) is 2.26. The van der Waals surface area contributed by atoms with Crippen LogP contribution in [0.25, 0.3) is 0 Å². The number of hydrogen-bond donors (Lipinski definition) is 0. The van der Waals surface area contributed by atoms with Gasteiger partial charge in [0.2, 0.25) is 0 Å². The van der Waals surface area contributed by atoms with Crippen LogP contribution < -0.4 is 0 Å². The second-order valence-electron chi connectivity index (χ2n) is 5.02. The molecular formula is C14H19NO3S. The summed E-state index contributed by atoms with van der Waals surface area (Å²) in [6, 6.07) is 1.96. The zero-order valence-corrected chi connectivity index (χ0v) is 12.4. The highest BCUT2D eigenvalue weighted by Gasteiger charge is 2.25. The fourth-order valence-electron chi connectivity index (χ4n) is 2.27. The van der Waals surface area contributed by atoms with Crippen molar-refractivity contribution in [3.05, 3.63) is 21.4 Å². The van der Waals surface area contributed by atoms with Gasteiger partial charge in [0.25, 0.3) is 5.91 Å². The van der Waals surface area contributed by atoms with Crippen LogP contribution >= 0.6 is 11.3 Å². The third-order valence-electron chi connectivity index (χ3n) is 3.37. The minimum Gasteiger partial charge on any atom is -0.468 e. The predicted molar refractivity (Wildman–Crippen MR) is 74.5 cm³/mol. The highest BCUT2D eigenvalue weighted by atomic mass is 32.1. The number of aryl methyl sites for hydroxylation is 2. The van der Waals surface area contributed by atoms with Gasteiger partial charge in [-0.05, 0) is 44.7 Å². The van der Waals surface area contributed by atoms with Crippen LogP contribution in [0.5, 0.6) is 0 Å². The van der Waals surface area contributed by atoms with Gasteiger partial charge >= 0.3 is 5.97 Å². The molecule has 0 unspecified atom stereocenters. The van der Waals surface area contributed by atoms with Gasteiger partial charge in [-0.1, -0.05) is 0 Å². The van der Waals surface area contributed by atoms with Crippen molar-refractivity contribution in [1.29, 1.82) is 0 Å². The molecule has 19 heavy (non-hydrogen) atoms. The molecule has 4 nitrogen and oxygen atoms in total. The number of carbonyl (C=O) groups is 2. The monoisotopic (exact) mass is 281 g/mol. The number of carbonyl (C=O) groups excluding carboxylic acids is 2. The minimum absolute atomic E-state index is 0.00949.